The Morgan fingerprint density at radius 3 is 2.29 bits per heavy atom. The average molecular weight is 286 g/mol. The average Bonchev–Trinajstić information content (AvgIpc) is 2.39. The van der Waals surface area contributed by atoms with Crippen molar-refractivity contribution in [2.24, 2.45) is 0 Å². The summed E-state index contributed by atoms with van der Waals surface area (Å²) in [5, 5.41) is 3.23. The molecular weight excluding hydrogens is 264 g/mol. The number of hydrogen-bond donors (Lipinski definition) is 2. The summed E-state index contributed by atoms with van der Waals surface area (Å²) in [7, 11) is 0. The van der Waals surface area contributed by atoms with E-state index < -0.39 is 0 Å². The second-order valence-electron chi connectivity index (χ2n) is 5.51. The smallest absolute Gasteiger partial charge is 0.136 e. The molecule has 0 saturated carbocycles. The van der Waals surface area contributed by atoms with E-state index >= 15 is 0 Å². The van der Waals surface area contributed by atoms with Crippen LogP contribution in [0.2, 0.25) is 0 Å². The van der Waals surface area contributed by atoms with Crippen LogP contribution in [0.1, 0.15) is 39.4 Å². The van der Waals surface area contributed by atoms with Gasteiger partial charge in [0.25, 0.3) is 0 Å². The minimum Gasteiger partial charge on any atom is -0.491 e. The van der Waals surface area contributed by atoms with Crippen molar-refractivity contribution in [3.8, 4) is 5.75 Å². The van der Waals surface area contributed by atoms with E-state index in [1.54, 1.807) is 6.07 Å². The third-order valence-electron chi connectivity index (χ3n) is 2.78. The monoisotopic (exact) mass is 286 g/mol. The van der Waals surface area contributed by atoms with Crippen LogP contribution in [0, 0.1) is 0 Å². The maximum Gasteiger partial charge on any atom is 0.136 e. The Labute approximate surface area is 125 Å². The fraction of sp³-hybridized carbons (Fsp3) is 0.375. The standard InChI is InChI=1S/C16H22N4O/c1-10(2)16-19-14(17)9-15(20-16)18-12-5-7-13(8-6-12)21-11(3)4/h5-11H,1-4H3,(H3,17,18,19,20). The molecule has 2 aromatic rings. The van der Waals surface area contributed by atoms with Crippen LogP contribution in [-0.4, -0.2) is 16.1 Å². The van der Waals surface area contributed by atoms with E-state index in [9.17, 15) is 0 Å². The lowest BCUT2D eigenvalue weighted by atomic mass is 10.2. The highest BCUT2D eigenvalue weighted by atomic mass is 16.5. The summed E-state index contributed by atoms with van der Waals surface area (Å²) < 4.78 is 5.62. The molecule has 0 unspecified atom stereocenters. The van der Waals surface area contributed by atoms with Gasteiger partial charge in [0, 0.05) is 17.7 Å². The molecule has 5 nitrogen and oxygen atoms in total. The maximum absolute atomic E-state index is 5.82. The van der Waals surface area contributed by atoms with Gasteiger partial charge in [0.2, 0.25) is 0 Å². The number of nitrogens with zero attached hydrogens (tertiary/aromatic N) is 2. The van der Waals surface area contributed by atoms with Gasteiger partial charge in [-0.25, -0.2) is 9.97 Å². The van der Waals surface area contributed by atoms with Crippen molar-refractivity contribution in [2.45, 2.75) is 39.7 Å². The molecule has 3 N–H and O–H groups in total. The predicted octanol–water partition coefficient (Wildman–Crippen LogP) is 3.71. The van der Waals surface area contributed by atoms with Crippen LogP contribution in [0.4, 0.5) is 17.3 Å². The van der Waals surface area contributed by atoms with Crippen LogP contribution in [-0.2, 0) is 0 Å². The van der Waals surface area contributed by atoms with Crippen LogP contribution in [0.15, 0.2) is 30.3 Å². The van der Waals surface area contributed by atoms with Gasteiger partial charge in [-0.2, -0.15) is 0 Å². The molecule has 0 saturated heterocycles. The van der Waals surface area contributed by atoms with Gasteiger partial charge in [-0.3, -0.25) is 0 Å². The second-order valence-corrected chi connectivity index (χ2v) is 5.51. The first kappa shape index (κ1) is 15.1. The Bertz CT molecular complexity index is 594. The number of nitrogens with one attached hydrogen (secondary N) is 1. The quantitative estimate of drug-likeness (QED) is 0.876. The molecule has 0 radical (unpaired) electrons. The Morgan fingerprint density at radius 1 is 1.05 bits per heavy atom. The molecule has 1 aromatic carbocycles. The minimum absolute atomic E-state index is 0.166. The van der Waals surface area contributed by atoms with E-state index in [1.165, 1.54) is 0 Å². The first-order valence-corrected chi connectivity index (χ1v) is 7.12. The van der Waals surface area contributed by atoms with Gasteiger partial charge in [0.05, 0.1) is 6.10 Å². The molecule has 21 heavy (non-hydrogen) atoms. The Hall–Kier alpha value is -2.30. The highest BCUT2D eigenvalue weighted by molar-refractivity contribution is 5.59. The molecule has 0 spiro atoms. The lowest BCUT2D eigenvalue weighted by Crippen LogP contribution is -2.06. The molecule has 0 fully saturated rings. The molecule has 5 heteroatoms. The molecule has 2 rings (SSSR count). The topological polar surface area (TPSA) is 73.1 Å². The highest BCUT2D eigenvalue weighted by Crippen LogP contribution is 2.22. The zero-order valence-electron chi connectivity index (χ0n) is 12.9. The summed E-state index contributed by atoms with van der Waals surface area (Å²) in [5.41, 5.74) is 6.75. The Balaban J connectivity index is 2.14. The van der Waals surface area contributed by atoms with E-state index in [4.69, 9.17) is 10.5 Å². The van der Waals surface area contributed by atoms with Crippen LogP contribution in [0.25, 0.3) is 0 Å². The first-order valence-electron chi connectivity index (χ1n) is 7.12. The van der Waals surface area contributed by atoms with E-state index in [1.807, 2.05) is 52.0 Å². The molecule has 0 aliphatic carbocycles. The summed E-state index contributed by atoms with van der Waals surface area (Å²) in [6.07, 6.45) is 0.166. The minimum atomic E-state index is 0.166. The molecule has 1 heterocycles. The molecule has 1 aromatic heterocycles. The number of ether oxygens (including phenoxy) is 1. The number of benzene rings is 1. The molecule has 112 valence electrons. The number of aromatic nitrogens is 2. The van der Waals surface area contributed by atoms with Crippen LogP contribution in [0.5, 0.6) is 5.75 Å². The van der Waals surface area contributed by atoms with Crippen molar-refractivity contribution in [3.63, 3.8) is 0 Å². The highest BCUT2D eigenvalue weighted by Gasteiger charge is 2.07. The number of nitrogen functional groups attached to an aromatic ring is 1. The number of rotatable bonds is 5. The zero-order chi connectivity index (χ0) is 15.4. The van der Waals surface area contributed by atoms with Crippen LogP contribution >= 0.6 is 0 Å². The van der Waals surface area contributed by atoms with Gasteiger partial charge in [0.15, 0.2) is 0 Å². The van der Waals surface area contributed by atoms with Crippen molar-refractivity contribution >= 4 is 17.3 Å². The van der Waals surface area contributed by atoms with Gasteiger partial charge in [-0.05, 0) is 38.1 Å². The van der Waals surface area contributed by atoms with Gasteiger partial charge < -0.3 is 15.8 Å². The van der Waals surface area contributed by atoms with Crippen molar-refractivity contribution < 1.29 is 4.74 Å². The maximum atomic E-state index is 5.82. The lowest BCUT2D eigenvalue weighted by Gasteiger charge is -2.12. The lowest BCUT2D eigenvalue weighted by molar-refractivity contribution is 0.242. The molecule has 0 bridgehead atoms. The number of hydrogen-bond acceptors (Lipinski definition) is 5. The fourth-order valence-corrected chi connectivity index (χ4v) is 1.84. The van der Waals surface area contributed by atoms with E-state index in [-0.39, 0.29) is 12.0 Å². The molecule has 0 aliphatic rings. The van der Waals surface area contributed by atoms with Gasteiger partial charge in [-0.1, -0.05) is 13.8 Å². The molecule has 0 aliphatic heterocycles. The van der Waals surface area contributed by atoms with Crippen molar-refractivity contribution in [2.75, 3.05) is 11.1 Å². The zero-order valence-corrected chi connectivity index (χ0v) is 12.9. The largest absolute Gasteiger partial charge is 0.491 e. The van der Waals surface area contributed by atoms with Gasteiger partial charge in [0.1, 0.15) is 23.2 Å². The summed E-state index contributed by atoms with van der Waals surface area (Å²) in [5.74, 6) is 2.98. The number of anilines is 3. The van der Waals surface area contributed by atoms with E-state index in [2.05, 4.69) is 15.3 Å². The van der Waals surface area contributed by atoms with Crippen LogP contribution in [0.3, 0.4) is 0 Å². The predicted molar refractivity (Wildman–Crippen MR) is 86.0 cm³/mol. The fourth-order valence-electron chi connectivity index (χ4n) is 1.84. The summed E-state index contributed by atoms with van der Waals surface area (Å²) >= 11 is 0. The molecule has 0 amide bonds. The van der Waals surface area contributed by atoms with E-state index in [0.29, 0.717) is 11.6 Å². The normalized spacial score (nSPS) is 11.0. The first-order chi connectivity index (χ1) is 9.94. The van der Waals surface area contributed by atoms with Gasteiger partial charge in [-0.15, -0.1) is 0 Å². The third kappa shape index (κ3) is 4.34. The molecular formula is C16H22N4O. The summed E-state index contributed by atoms with van der Waals surface area (Å²) in [6.45, 7) is 8.08. The Morgan fingerprint density at radius 2 is 1.71 bits per heavy atom. The van der Waals surface area contributed by atoms with Crippen molar-refractivity contribution in [3.05, 3.63) is 36.2 Å². The van der Waals surface area contributed by atoms with Crippen molar-refractivity contribution in [1.82, 2.24) is 9.97 Å². The van der Waals surface area contributed by atoms with Crippen molar-refractivity contribution in [1.29, 1.82) is 0 Å². The SMILES string of the molecule is CC(C)Oc1ccc(Nc2cc(N)nc(C(C)C)n2)cc1. The third-order valence-corrected chi connectivity index (χ3v) is 2.78. The Kier molecular flexibility index (Phi) is 4.62. The molecule has 0 atom stereocenters. The van der Waals surface area contributed by atoms with Gasteiger partial charge >= 0.3 is 0 Å². The van der Waals surface area contributed by atoms with E-state index in [0.717, 1.165) is 17.3 Å². The van der Waals surface area contributed by atoms with Crippen LogP contribution < -0.4 is 15.8 Å². The summed E-state index contributed by atoms with van der Waals surface area (Å²) in [4.78, 5) is 8.69. The number of nitrogens with two attached hydrogens (primary N) is 1. The summed E-state index contributed by atoms with van der Waals surface area (Å²) in [6, 6.07) is 9.48. The second kappa shape index (κ2) is 6.43.